The van der Waals surface area contributed by atoms with Crippen LogP contribution < -0.4 is 10.2 Å². The second-order valence-electron chi connectivity index (χ2n) is 5.10. The van der Waals surface area contributed by atoms with Crippen LogP contribution in [0.5, 0.6) is 0 Å². The fraction of sp³-hybridized carbons (Fsp3) is 0.267. The van der Waals surface area contributed by atoms with E-state index in [1.54, 1.807) is 11.3 Å². The average molecular weight is 270 g/mol. The summed E-state index contributed by atoms with van der Waals surface area (Å²) in [5.41, 5.74) is 4.44. The first-order chi connectivity index (χ1) is 9.25. The molecule has 0 radical (unpaired) electrons. The van der Waals surface area contributed by atoms with E-state index in [1.165, 1.54) is 10.4 Å². The predicted octanol–water partition coefficient (Wildman–Crippen LogP) is 3.11. The topological polar surface area (TPSA) is 32.3 Å². The molecule has 1 atom stereocenters. The van der Waals surface area contributed by atoms with Crippen molar-refractivity contribution in [1.82, 2.24) is 0 Å². The van der Waals surface area contributed by atoms with E-state index in [2.05, 4.69) is 33.8 Å². The minimum Gasteiger partial charge on any atom is -0.354 e. The van der Waals surface area contributed by atoms with Crippen molar-refractivity contribution in [3.63, 3.8) is 0 Å². The zero-order valence-electron chi connectivity index (χ0n) is 10.6. The monoisotopic (exact) mass is 270 g/mol. The molecule has 4 heteroatoms. The molecular formula is C15H14N2OS. The Labute approximate surface area is 115 Å². The van der Waals surface area contributed by atoms with Gasteiger partial charge in [0.15, 0.2) is 0 Å². The van der Waals surface area contributed by atoms with E-state index in [1.807, 2.05) is 13.0 Å². The number of rotatable bonds is 0. The van der Waals surface area contributed by atoms with E-state index in [-0.39, 0.29) is 11.9 Å². The Morgan fingerprint density at radius 3 is 3.16 bits per heavy atom. The molecule has 1 amide bonds. The van der Waals surface area contributed by atoms with Crippen molar-refractivity contribution in [2.45, 2.75) is 19.4 Å². The summed E-state index contributed by atoms with van der Waals surface area (Å²) >= 11 is 1.76. The van der Waals surface area contributed by atoms with Gasteiger partial charge in [0.2, 0.25) is 0 Å². The molecule has 1 aromatic heterocycles. The standard InChI is InChI=1S/C15H14N2OS/c1-9-3-2-4-11-13(9)16-15(18)14-10-6-8-19-12(10)5-7-17(11)14/h2-4,6,8,14H,5,7H2,1H3,(H,16,18). The molecule has 4 rings (SSSR count). The highest BCUT2D eigenvalue weighted by Gasteiger charge is 2.38. The summed E-state index contributed by atoms with van der Waals surface area (Å²) in [6.45, 7) is 2.96. The third-order valence-electron chi connectivity index (χ3n) is 4.02. The van der Waals surface area contributed by atoms with Crippen molar-refractivity contribution in [2.24, 2.45) is 0 Å². The number of hydrogen-bond acceptors (Lipinski definition) is 3. The van der Waals surface area contributed by atoms with Gasteiger partial charge >= 0.3 is 0 Å². The second-order valence-corrected chi connectivity index (χ2v) is 6.10. The maximum absolute atomic E-state index is 12.5. The highest BCUT2D eigenvalue weighted by molar-refractivity contribution is 7.10. The molecule has 1 aromatic carbocycles. The second kappa shape index (κ2) is 3.84. The zero-order valence-corrected chi connectivity index (χ0v) is 11.5. The fourth-order valence-corrected chi connectivity index (χ4v) is 4.01. The Balaban J connectivity index is 1.91. The average Bonchev–Trinajstić information content (AvgIpc) is 2.88. The van der Waals surface area contributed by atoms with Crippen molar-refractivity contribution in [3.8, 4) is 0 Å². The van der Waals surface area contributed by atoms with Crippen LogP contribution >= 0.6 is 11.3 Å². The zero-order chi connectivity index (χ0) is 13.0. The van der Waals surface area contributed by atoms with Gasteiger partial charge in [-0.2, -0.15) is 0 Å². The summed E-state index contributed by atoms with van der Waals surface area (Å²) in [7, 11) is 0. The van der Waals surface area contributed by atoms with E-state index in [0.29, 0.717) is 0 Å². The van der Waals surface area contributed by atoms with Gasteiger partial charge in [-0.25, -0.2) is 0 Å². The van der Waals surface area contributed by atoms with E-state index < -0.39 is 0 Å². The van der Waals surface area contributed by atoms with Crippen LogP contribution in [0.25, 0.3) is 0 Å². The summed E-state index contributed by atoms with van der Waals surface area (Å²) in [4.78, 5) is 16.1. The van der Waals surface area contributed by atoms with Gasteiger partial charge in [-0.3, -0.25) is 4.79 Å². The van der Waals surface area contributed by atoms with Crippen LogP contribution in [-0.2, 0) is 11.2 Å². The lowest BCUT2D eigenvalue weighted by molar-refractivity contribution is -0.117. The van der Waals surface area contributed by atoms with Crippen LogP contribution in [0.2, 0.25) is 0 Å². The molecule has 0 saturated carbocycles. The van der Waals surface area contributed by atoms with Crippen LogP contribution in [0.4, 0.5) is 11.4 Å². The van der Waals surface area contributed by atoms with Crippen molar-refractivity contribution in [3.05, 3.63) is 45.6 Å². The molecule has 0 aliphatic carbocycles. The number of fused-ring (bicyclic) bond motifs is 5. The van der Waals surface area contributed by atoms with Gasteiger partial charge in [-0.05, 0) is 42.0 Å². The maximum atomic E-state index is 12.5. The van der Waals surface area contributed by atoms with Crippen LogP contribution in [0, 0.1) is 6.92 Å². The van der Waals surface area contributed by atoms with Crippen molar-refractivity contribution in [1.29, 1.82) is 0 Å². The molecule has 0 fully saturated rings. The molecule has 3 nitrogen and oxygen atoms in total. The summed E-state index contributed by atoms with van der Waals surface area (Å²) in [5.74, 6) is 0.0983. The number of aryl methyl sites for hydroxylation is 1. The summed E-state index contributed by atoms with van der Waals surface area (Å²) in [6.07, 6.45) is 1.03. The van der Waals surface area contributed by atoms with Gasteiger partial charge in [0.05, 0.1) is 11.4 Å². The fourth-order valence-electron chi connectivity index (χ4n) is 3.10. The van der Waals surface area contributed by atoms with Gasteiger partial charge in [-0.1, -0.05) is 12.1 Å². The molecule has 3 heterocycles. The third kappa shape index (κ3) is 1.46. The molecule has 2 aliphatic heterocycles. The van der Waals surface area contributed by atoms with Crippen molar-refractivity contribution >= 4 is 28.6 Å². The number of hydrogen-bond donors (Lipinski definition) is 1. The van der Waals surface area contributed by atoms with E-state index in [0.717, 1.165) is 29.9 Å². The first-order valence-electron chi connectivity index (χ1n) is 6.49. The number of anilines is 2. The summed E-state index contributed by atoms with van der Waals surface area (Å²) in [5, 5.41) is 5.17. The molecule has 0 saturated heterocycles. The van der Waals surface area contributed by atoms with Crippen molar-refractivity contribution in [2.75, 3.05) is 16.8 Å². The van der Waals surface area contributed by atoms with Crippen LogP contribution in [0.1, 0.15) is 22.0 Å². The highest BCUT2D eigenvalue weighted by atomic mass is 32.1. The normalized spacial score (nSPS) is 20.4. The molecular weight excluding hydrogens is 256 g/mol. The summed E-state index contributed by atoms with van der Waals surface area (Å²) < 4.78 is 0. The molecule has 2 aliphatic rings. The molecule has 2 aromatic rings. The number of benzene rings is 1. The van der Waals surface area contributed by atoms with Crippen LogP contribution in [0.3, 0.4) is 0 Å². The van der Waals surface area contributed by atoms with Crippen LogP contribution in [0.15, 0.2) is 29.6 Å². The molecule has 0 bridgehead atoms. The van der Waals surface area contributed by atoms with Gasteiger partial charge < -0.3 is 10.2 Å². The first kappa shape index (κ1) is 11.1. The molecule has 0 spiro atoms. The Bertz CT molecular complexity index is 677. The number of carbonyl (C=O) groups is 1. The maximum Gasteiger partial charge on any atom is 0.251 e. The van der Waals surface area contributed by atoms with Crippen LogP contribution in [-0.4, -0.2) is 12.5 Å². The third-order valence-corrected chi connectivity index (χ3v) is 5.02. The van der Waals surface area contributed by atoms with Gasteiger partial charge in [0.25, 0.3) is 5.91 Å². The SMILES string of the molecule is Cc1cccc2c1NC(=O)C1c3ccsc3CCN21. The number of amides is 1. The highest BCUT2D eigenvalue weighted by Crippen LogP contribution is 2.43. The Kier molecular flexibility index (Phi) is 2.23. The minimum absolute atomic E-state index is 0.0983. The lowest BCUT2D eigenvalue weighted by Gasteiger charge is -2.41. The van der Waals surface area contributed by atoms with Gasteiger partial charge in [-0.15, -0.1) is 11.3 Å². The number of nitrogens with zero attached hydrogens (tertiary/aromatic N) is 1. The quantitative estimate of drug-likeness (QED) is 0.797. The van der Waals surface area contributed by atoms with Crippen molar-refractivity contribution < 1.29 is 4.79 Å². The number of para-hydroxylation sites is 1. The number of carbonyl (C=O) groups excluding carboxylic acids is 1. The van der Waals surface area contributed by atoms with E-state index in [4.69, 9.17) is 0 Å². The minimum atomic E-state index is -0.149. The molecule has 19 heavy (non-hydrogen) atoms. The summed E-state index contributed by atoms with van der Waals surface area (Å²) in [6, 6.07) is 8.15. The Morgan fingerprint density at radius 2 is 2.26 bits per heavy atom. The smallest absolute Gasteiger partial charge is 0.251 e. The van der Waals surface area contributed by atoms with Gasteiger partial charge in [0.1, 0.15) is 6.04 Å². The Hall–Kier alpha value is -1.81. The largest absolute Gasteiger partial charge is 0.354 e. The molecule has 1 unspecified atom stereocenters. The lowest BCUT2D eigenvalue weighted by Crippen LogP contribution is -2.45. The van der Waals surface area contributed by atoms with E-state index >= 15 is 0 Å². The molecule has 1 N–H and O–H groups in total. The number of thiophene rings is 1. The van der Waals surface area contributed by atoms with E-state index in [9.17, 15) is 4.79 Å². The van der Waals surface area contributed by atoms with Gasteiger partial charge in [0, 0.05) is 11.4 Å². The first-order valence-corrected chi connectivity index (χ1v) is 7.37. The molecule has 96 valence electrons. The predicted molar refractivity (Wildman–Crippen MR) is 77.9 cm³/mol. The Morgan fingerprint density at radius 1 is 1.37 bits per heavy atom. The number of nitrogens with one attached hydrogen (secondary N) is 1. The lowest BCUT2D eigenvalue weighted by atomic mass is 9.95.